The van der Waals surface area contributed by atoms with Crippen molar-refractivity contribution in [3.63, 3.8) is 0 Å². The second-order valence-corrected chi connectivity index (χ2v) is 5.74. The molecule has 2 saturated heterocycles. The Morgan fingerprint density at radius 3 is 2.62 bits per heavy atom. The molecule has 92 valence electrons. The summed E-state index contributed by atoms with van der Waals surface area (Å²) >= 11 is 0. The summed E-state index contributed by atoms with van der Waals surface area (Å²) in [6, 6.07) is 0. The van der Waals surface area contributed by atoms with Crippen molar-refractivity contribution in [1.29, 1.82) is 0 Å². The zero-order chi connectivity index (χ0) is 11.0. The molecule has 2 aliphatic heterocycles. The van der Waals surface area contributed by atoms with E-state index in [1.807, 2.05) is 0 Å². The standard InChI is InChI=1S/C13H22O3/c14-9-13(8-11-2-1-6-15-11)5-7-16-12(13)10-3-4-10/h10-12,14H,1-9H2. The van der Waals surface area contributed by atoms with E-state index in [9.17, 15) is 5.11 Å². The van der Waals surface area contributed by atoms with E-state index in [0.717, 1.165) is 32.0 Å². The number of rotatable bonds is 4. The molecule has 3 nitrogen and oxygen atoms in total. The van der Waals surface area contributed by atoms with Gasteiger partial charge in [0.2, 0.25) is 0 Å². The minimum atomic E-state index is 0.0101. The van der Waals surface area contributed by atoms with Gasteiger partial charge < -0.3 is 14.6 Å². The Kier molecular flexibility index (Phi) is 2.94. The molecule has 0 radical (unpaired) electrons. The summed E-state index contributed by atoms with van der Waals surface area (Å²) in [4.78, 5) is 0. The fourth-order valence-corrected chi connectivity index (χ4v) is 3.45. The summed E-state index contributed by atoms with van der Waals surface area (Å²) in [5.41, 5.74) is 0.0101. The van der Waals surface area contributed by atoms with Gasteiger partial charge in [0.15, 0.2) is 0 Å². The summed E-state index contributed by atoms with van der Waals surface area (Å²) in [5, 5.41) is 9.79. The quantitative estimate of drug-likeness (QED) is 0.793. The van der Waals surface area contributed by atoms with Crippen LogP contribution >= 0.6 is 0 Å². The van der Waals surface area contributed by atoms with E-state index < -0.39 is 0 Å². The van der Waals surface area contributed by atoms with Crippen LogP contribution in [0.25, 0.3) is 0 Å². The molecule has 3 aliphatic rings. The molecule has 3 heteroatoms. The topological polar surface area (TPSA) is 38.7 Å². The third-order valence-electron chi connectivity index (χ3n) is 4.52. The minimum Gasteiger partial charge on any atom is -0.396 e. The van der Waals surface area contributed by atoms with E-state index in [4.69, 9.17) is 9.47 Å². The molecule has 3 unspecified atom stereocenters. The van der Waals surface area contributed by atoms with Crippen LogP contribution in [0.4, 0.5) is 0 Å². The van der Waals surface area contributed by atoms with Crippen molar-refractivity contribution in [2.45, 2.75) is 50.7 Å². The van der Waals surface area contributed by atoms with Crippen molar-refractivity contribution in [2.24, 2.45) is 11.3 Å². The van der Waals surface area contributed by atoms with Crippen LogP contribution in [0.5, 0.6) is 0 Å². The molecule has 3 fully saturated rings. The normalized spacial score (nSPS) is 44.1. The van der Waals surface area contributed by atoms with Crippen molar-refractivity contribution in [3.8, 4) is 0 Å². The van der Waals surface area contributed by atoms with Gasteiger partial charge in [-0.15, -0.1) is 0 Å². The number of hydrogen-bond acceptors (Lipinski definition) is 3. The molecule has 0 aromatic carbocycles. The fraction of sp³-hybridized carbons (Fsp3) is 1.00. The third kappa shape index (κ3) is 1.89. The lowest BCUT2D eigenvalue weighted by Crippen LogP contribution is -2.39. The summed E-state index contributed by atoms with van der Waals surface area (Å²) in [5.74, 6) is 0.719. The third-order valence-corrected chi connectivity index (χ3v) is 4.52. The molecule has 1 N–H and O–H groups in total. The van der Waals surface area contributed by atoms with E-state index in [-0.39, 0.29) is 12.0 Å². The monoisotopic (exact) mass is 226 g/mol. The highest BCUT2D eigenvalue weighted by Gasteiger charge is 2.51. The predicted molar refractivity (Wildman–Crippen MR) is 60.2 cm³/mol. The molecule has 0 amide bonds. The molecule has 1 aliphatic carbocycles. The maximum atomic E-state index is 9.79. The smallest absolute Gasteiger partial charge is 0.0683 e. The van der Waals surface area contributed by atoms with Crippen molar-refractivity contribution in [1.82, 2.24) is 0 Å². The Morgan fingerprint density at radius 1 is 1.12 bits per heavy atom. The van der Waals surface area contributed by atoms with Gasteiger partial charge in [0.25, 0.3) is 0 Å². The predicted octanol–water partition coefficient (Wildman–Crippen LogP) is 1.73. The maximum absolute atomic E-state index is 9.79. The second-order valence-electron chi connectivity index (χ2n) is 5.74. The first kappa shape index (κ1) is 11.0. The first-order chi connectivity index (χ1) is 7.84. The largest absolute Gasteiger partial charge is 0.396 e. The van der Waals surface area contributed by atoms with Gasteiger partial charge in [0.1, 0.15) is 0 Å². The number of ether oxygens (including phenoxy) is 2. The van der Waals surface area contributed by atoms with Crippen LogP contribution in [-0.4, -0.2) is 37.1 Å². The lowest BCUT2D eigenvalue weighted by molar-refractivity contribution is -0.0327. The molecular weight excluding hydrogens is 204 g/mol. The van der Waals surface area contributed by atoms with Gasteiger partial charge in [-0.05, 0) is 44.4 Å². The van der Waals surface area contributed by atoms with Gasteiger partial charge in [-0.25, -0.2) is 0 Å². The van der Waals surface area contributed by atoms with Crippen LogP contribution < -0.4 is 0 Å². The SMILES string of the molecule is OCC1(CC2CCCO2)CCOC1C1CC1. The number of hydrogen-bond donors (Lipinski definition) is 1. The molecule has 3 atom stereocenters. The van der Waals surface area contributed by atoms with Crippen molar-refractivity contribution in [3.05, 3.63) is 0 Å². The Bertz CT molecular complexity index is 246. The van der Waals surface area contributed by atoms with E-state index in [0.29, 0.717) is 12.2 Å². The second kappa shape index (κ2) is 4.28. The Balaban J connectivity index is 1.69. The number of aliphatic hydroxyl groups excluding tert-OH is 1. The van der Waals surface area contributed by atoms with Crippen LogP contribution in [0, 0.1) is 11.3 Å². The molecule has 0 aromatic heterocycles. The van der Waals surface area contributed by atoms with E-state index in [2.05, 4.69) is 0 Å². The van der Waals surface area contributed by atoms with Crippen LogP contribution in [0.2, 0.25) is 0 Å². The summed E-state index contributed by atoms with van der Waals surface area (Å²) in [6.45, 7) is 2.00. The minimum absolute atomic E-state index is 0.0101. The summed E-state index contributed by atoms with van der Waals surface area (Å²) in [6.07, 6.45) is 7.63. The van der Waals surface area contributed by atoms with Gasteiger partial charge in [0.05, 0.1) is 18.8 Å². The van der Waals surface area contributed by atoms with Crippen LogP contribution in [0.3, 0.4) is 0 Å². The van der Waals surface area contributed by atoms with E-state index in [1.54, 1.807) is 0 Å². The average molecular weight is 226 g/mol. The summed E-state index contributed by atoms with van der Waals surface area (Å²) < 4.78 is 11.6. The highest BCUT2D eigenvalue weighted by Crippen LogP contribution is 2.50. The zero-order valence-electron chi connectivity index (χ0n) is 9.86. The average Bonchev–Trinajstić information content (AvgIpc) is 2.86. The highest BCUT2D eigenvalue weighted by atomic mass is 16.5. The molecule has 1 saturated carbocycles. The maximum Gasteiger partial charge on any atom is 0.0683 e. The van der Waals surface area contributed by atoms with Crippen molar-refractivity contribution < 1.29 is 14.6 Å². The molecule has 0 spiro atoms. The van der Waals surface area contributed by atoms with Gasteiger partial charge >= 0.3 is 0 Å². The molecule has 16 heavy (non-hydrogen) atoms. The van der Waals surface area contributed by atoms with E-state index in [1.165, 1.54) is 25.7 Å². The number of aliphatic hydroxyl groups is 1. The van der Waals surface area contributed by atoms with Gasteiger partial charge in [-0.3, -0.25) is 0 Å². The van der Waals surface area contributed by atoms with Crippen LogP contribution in [0.15, 0.2) is 0 Å². The highest BCUT2D eigenvalue weighted by molar-refractivity contribution is 5.00. The lowest BCUT2D eigenvalue weighted by atomic mass is 9.75. The molecule has 0 aromatic rings. The first-order valence-corrected chi connectivity index (χ1v) is 6.68. The van der Waals surface area contributed by atoms with E-state index >= 15 is 0 Å². The fourth-order valence-electron chi connectivity index (χ4n) is 3.45. The Hall–Kier alpha value is -0.120. The Morgan fingerprint density at radius 2 is 2.00 bits per heavy atom. The van der Waals surface area contributed by atoms with Crippen molar-refractivity contribution >= 4 is 0 Å². The van der Waals surface area contributed by atoms with Crippen LogP contribution in [-0.2, 0) is 9.47 Å². The summed E-state index contributed by atoms with van der Waals surface area (Å²) in [7, 11) is 0. The van der Waals surface area contributed by atoms with Gasteiger partial charge in [-0.1, -0.05) is 0 Å². The molecular formula is C13H22O3. The van der Waals surface area contributed by atoms with Gasteiger partial charge in [-0.2, -0.15) is 0 Å². The van der Waals surface area contributed by atoms with Crippen LogP contribution in [0.1, 0.15) is 38.5 Å². The zero-order valence-corrected chi connectivity index (χ0v) is 9.86. The molecule has 0 bridgehead atoms. The molecule has 3 rings (SSSR count). The van der Waals surface area contributed by atoms with Crippen molar-refractivity contribution in [2.75, 3.05) is 19.8 Å². The first-order valence-electron chi connectivity index (χ1n) is 6.68. The lowest BCUT2D eigenvalue weighted by Gasteiger charge is -2.34. The Labute approximate surface area is 97.1 Å². The van der Waals surface area contributed by atoms with Gasteiger partial charge in [0, 0.05) is 18.6 Å². The molecule has 2 heterocycles.